The van der Waals surface area contributed by atoms with Gasteiger partial charge in [-0.05, 0) is 26.3 Å². The zero-order valence-corrected chi connectivity index (χ0v) is 11.4. The van der Waals surface area contributed by atoms with Gasteiger partial charge in [0.05, 0.1) is 0 Å². The number of hydrogen-bond donors (Lipinski definition) is 2. The van der Waals surface area contributed by atoms with Gasteiger partial charge in [-0.25, -0.2) is 0 Å². The molecule has 0 unspecified atom stereocenters. The van der Waals surface area contributed by atoms with Gasteiger partial charge in [-0.15, -0.1) is 0 Å². The van der Waals surface area contributed by atoms with E-state index in [0.717, 1.165) is 12.8 Å². The highest BCUT2D eigenvalue weighted by atomic mass is 31.1. The zero-order chi connectivity index (χ0) is 13.4. The molecule has 0 atom stereocenters. The van der Waals surface area contributed by atoms with Crippen molar-refractivity contribution in [3.8, 4) is 0 Å². The highest BCUT2D eigenvalue weighted by Crippen LogP contribution is 2.18. The molecule has 96 valence electrons. The van der Waals surface area contributed by atoms with Crippen molar-refractivity contribution < 1.29 is 19.1 Å². The summed E-state index contributed by atoms with van der Waals surface area (Å²) in [6.45, 7) is 9.72. The van der Waals surface area contributed by atoms with Crippen molar-refractivity contribution in [3.63, 3.8) is 0 Å². The highest BCUT2D eigenvalue weighted by Gasteiger charge is 2.24. The van der Waals surface area contributed by atoms with Gasteiger partial charge in [-0.3, -0.25) is 9.36 Å². The fourth-order valence-corrected chi connectivity index (χ4v) is 1.21. The summed E-state index contributed by atoms with van der Waals surface area (Å²) in [5.74, 6) is -0.00606. The molecule has 0 heterocycles. The Morgan fingerprint density at radius 2 is 1.88 bits per heavy atom. The molecule has 0 aliphatic carbocycles. The summed E-state index contributed by atoms with van der Waals surface area (Å²) < 4.78 is 8.74. The number of nitrogens with zero attached hydrogens (tertiary/aromatic N) is 1. The molecule has 0 bridgehead atoms. The van der Waals surface area contributed by atoms with E-state index >= 15 is 0 Å². The van der Waals surface area contributed by atoms with Crippen LogP contribution in [0.5, 0.6) is 0 Å². The molecule has 0 saturated heterocycles. The lowest BCUT2D eigenvalue weighted by Crippen LogP contribution is -2.44. The Kier molecular flexibility index (Phi) is 9.43. The third kappa shape index (κ3) is 8.65. The molecular weight excluding hydrogens is 229 g/mol. The summed E-state index contributed by atoms with van der Waals surface area (Å²) in [7, 11) is -1.31. The Morgan fingerprint density at radius 1 is 1.50 bits per heavy atom. The molecule has 1 amide bonds. The van der Waals surface area contributed by atoms with E-state index in [9.17, 15) is 4.79 Å². The van der Waals surface area contributed by atoms with Gasteiger partial charge in [0, 0.05) is 12.6 Å². The number of rotatable bonds is 4. The third-order valence-corrected chi connectivity index (χ3v) is 2.27. The van der Waals surface area contributed by atoms with Crippen LogP contribution in [0.4, 0.5) is 0 Å². The first-order valence-corrected chi connectivity index (χ1v) is 6.31. The van der Waals surface area contributed by atoms with Crippen molar-refractivity contribution in [2.45, 2.75) is 39.2 Å². The summed E-state index contributed by atoms with van der Waals surface area (Å²) in [6, 6.07) is 0. The van der Waals surface area contributed by atoms with Gasteiger partial charge >= 0.3 is 8.25 Å². The van der Waals surface area contributed by atoms with Crippen LogP contribution in [-0.2, 0) is 9.36 Å². The van der Waals surface area contributed by atoms with E-state index in [1.165, 1.54) is 6.08 Å². The Balaban J connectivity index is 0. The molecule has 0 fully saturated rings. The fourth-order valence-electron chi connectivity index (χ4n) is 1.21. The van der Waals surface area contributed by atoms with E-state index in [4.69, 9.17) is 14.4 Å². The topological polar surface area (TPSA) is 77.8 Å². The van der Waals surface area contributed by atoms with E-state index < -0.39 is 8.25 Å². The lowest BCUT2D eigenvalue weighted by atomic mass is 9.97. The third-order valence-electron chi connectivity index (χ3n) is 2.27. The molecule has 0 saturated carbocycles. The normalized spacial score (nSPS) is 10.4. The van der Waals surface area contributed by atoms with Crippen molar-refractivity contribution in [1.29, 1.82) is 0 Å². The number of amides is 1. The quantitative estimate of drug-likeness (QED) is 0.587. The second kappa shape index (κ2) is 8.50. The molecule has 0 aromatic carbocycles. The minimum absolute atomic E-state index is 0.00606. The van der Waals surface area contributed by atoms with Crippen LogP contribution in [0, 0.1) is 0 Å². The first-order valence-electron chi connectivity index (χ1n) is 5.01. The van der Waals surface area contributed by atoms with Gasteiger partial charge in [0.2, 0.25) is 5.91 Å². The van der Waals surface area contributed by atoms with Gasteiger partial charge in [-0.1, -0.05) is 19.9 Å². The first-order chi connectivity index (χ1) is 7.18. The number of carbonyl (C=O) groups excluding carboxylic acids is 1. The summed E-state index contributed by atoms with van der Waals surface area (Å²) >= 11 is 0. The average Bonchev–Trinajstić information content (AvgIpc) is 2.14. The van der Waals surface area contributed by atoms with Crippen molar-refractivity contribution in [3.05, 3.63) is 12.7 Å². The van der Waals surface area contributed by atoms with Crippen molar-refractivity contribution in [2.75, 3.05) is 7.05 Å². The molecule has 6 heteroatoms. The van der Waals surface area contributed by atoms with E-state index in [1.54, 1.807) is 4.90 Å². The van der Waals surface area contributed by atoms with Gasteiger partial charge in [-0.2, -0.15) is 0 Å². The van der Waals surface area contributed by atoms with Crippen LogP contribution in [-0.4, -0.2) is 33.2 Å². The summed E-state index contributed by atoms with van der Waals surface area (Å²) in [5.41, 5.74) is -0.0555. The average molecular weight is 251 g/mol. The van der Waals surface area contributed by atoms with Crippen LogP contribution in [0.15, 0.2) is 12.7 Å². The van der Waals surface area contributed by atoms with Crippen LogP contribution in [0.2, 0.25) is 0 Å². The predicted octanol–water partition coefficient (Wildman–Crippen LogP) is 1.57. The van der Waals surface area contributed by atoms with Crippen molar-refractivity contribution in [2.24, 2.45) is 0 Å². The maximum atomic E-state index is 11.2. The smallest absolute Gasteiger partial charge is 0.314 e. The molecule has 0 rings (SSSR count). The minimum atomic E-state index is -3.13. The molecule has 0 aliphatic heterocycles. The van der Waals surface area contributed by atoms with Crippen LogP contribution < -0.4 is 0 Å². The molecule has 0 aromatic heterocycles. The minimum Gasteiger partial charge on any atom is -0.337 e. The zero-order valence-electron chi connectivity index (χ0n) is 10.4. The second-order valence-electron chi connectivity index (χ2n) is 3.95. The highest BCUT2D eigenvalue weighted by molar-refractivity contribution is 7.30. The van der Waals surface area contributed by atoms with E-state index in [-0.39, 0.29) is 11.4 Å². The Labute approximate surface area is 97.7 Å². The second-order valence-corrected chi connectivity index (χ2v) is 4.51. The van der Waals surface area contributed by atoms with Crippen LogP contribution in [0.25, 0.3) is 0 Å². The number of hydrogen-bond acceptors (Lipinski definition) is 2. The predicted molar refractivity (Wildman–Crippen MR) is 65.4 cm³/mol. The Bertz CT molecular complexity index is 249. The van der Waals surface area contributed by atoms with Crippen LogP contribution in [0.3, 0.4) is 0 Å². The fraction of sp³-hybridized carbons (Fsp3) is 0.700. The van der Waals surface area contributed by atoms with Crippen molar-refractivity contribution in [1.82, 2.24) is 4.90 Å². The molecule has 0 aromatic rings. The number of carbonyl (C=O) groups is 1. The molecule has 0 spiro atoms. The van der Waals surface area contributed by atoms with E-state index in [2.05, 4.69) is 27.4 Å². The first kappa shape index (κ1) is 17.7. The Morgan fingerprint density at radius 3 is 2.12 bits per heavy atom. The van der Waals surface area contributed by atoms with Gasteiger partial charge < -0.3 is 14.7 Å². The molecular formula is C10H22NO4P. The molecule has 2 N–H and O–H groups in total. The summed E-state index contributed by atoms with van der Waals surface area (Å²) in [6.07, 6.45) is 3.46. The lowest BCUT2D eigenvalue weighted by molar-refractivity contribution is -0.129. The maximum Gasteiger partial charge on any atom is 0.314 e. The summed E-state index contributed by atoms with van der Waals surface area (Å²) in [4.78, 5) is 27.3. The van der Waals surface area contributed by atoms with E-state index in [0.29, 0.717) is 0 Å². The number of likely N-dealkylation sites (N-methyl/N-ethyl adjacent to an activating group) is 1. The van der Waals surface area contributed by atoms with Gasteiger partial charge in [0.1, 0.15) is 0 Å². The standard InChI is InChI=1S/C10H19NO.H3O3P/c1-6-8-10(3,4)11(5)9(12)7-2;1-4(2)3/h7H,2,6,8H2,1,3-5H3;4H,(H2,1,2,3). The van der Waals surface area contributed by atoms with Gasteiger partial charge in [0.25, 0.3) is 0 Å². The summed E-state index contributed by atoms with van der Waals surface area (Å²) in [5, 5.41) is 0. The van der Waals surface area contributed by atoms with Gasteiger partial charge in [0.15, 0.2) is 0 Å². The SMILES string of the molecule is C=CC(=O)N(C)C(C)(C)CCC.O=[PH](O)O. The lowest BCUT2D eigenvalue weighted by Gasteiger charge is -2.34. The largest absolute Gasteiger partial charge is 0.337 e. The maximum absolute atomic E-state index is 11.2. The monoisotopic (exact) mass is 251 g/mol. The van der Waals surface area contributed by atoms with Crippen LogP contribution in [0.1, 0.15) is 33.6 Å². The molecule has 0 aliphatic rings. The molecule has 0 radical (unpaired) electrons. The van der Waals surface area contributed by atoms with E-state index in [1.807, 2.05) is 7.05 Å². The van der Waals surface area contributed by atoms with Crippen LogP contribution >= 0.6 is 8.25 Å². The molecule has 16 heavy (non-hydrogen) atoms. The van der Waals surface area contributed by atoms with Crippen molar-refractivity contribution >= 4 is 14.2 Å². The Hall–Kier alpha value is -0.640. The molecule has 5 nitrogen and oxygen atoms in total.